The van der Waals surface area contributed by atoms with E-state index in [9.17, 15) is 4.79 Å². The molecule has 3 aromatic heterocycles. The standard InChI is InChI=1S/C30H35N7O3/c1-20-10-11-22(35-25(38)15-21-7-2-4-13-39-17-21)16-24(20)36-29-23(8-6-12-31-29)27-28-30(33-18-32-27)37(19-34-28)26-9-3-5-14-40-26/h6,8,10-12,16,18-19,21,26H,2-5,7,9,13-15,17H2,1H3,(H,31,36)(H,35,38). The summed E-state index contributed by atoms with van der Waals surface area (Å²) < 4.78 is 13.6. The maximum Gasteiger partial charge on any atom is 0.224 e. The summed E-state index contributed by atoms with van der Waals surface area (Å²) in [7, 11) is 0. The van der Waals surface area contributed by atoms with Crippen LogP contribution in [0.4, 0.5) is 17.2 Å². The largest absolute Gasteiger partial charge is 0.381 e. The number of carbonyl (C=O) groups is 1. The highest BCUT2D eigenvalue weighted by Gasteiger charge is 2.22. The second-order valence-electron chi connectivity index (χ2n) is 10.6. The van der Waals surface area contributed by atoms with Crippen molar-refractivity contribution in [2.24, 2.45) is 5.92 Å². The van der Waals surface area contributed by atoms with E-state index in [2.05, 4.69) is 30.6 Å². The van der Waals surface area contributed by atoms with Crippen molar-refractivity contribution in [2.75, 3.05) is 30.5 Å². The van der Waals surface area contributed by atoms with Gasteiger partial charge in [-0.15, -0.1) is 0 Å². The number of pyridine rings is 1. The quantitative estimate of drug-likeness (QED) is 0.302. The molecule has 1 amide bonds. The Morgan fingerprint density at radius 2 is 1.95 bits per heavy atom. The van der Waals surface area contributed by atoms with Gasteiger partial charge >= 0.3 is 0 Å². The molecule has 2 saturated heterocycles. The first-order valence-electron chi connectivity index (χ1n) is 14.2. The number of carbonyl (C=O) groups excluding carboxylic acids is 1. The van der Waals surface area contributed by atoms with Crippen LogP contribution in [-0.4, -0.2) is 50.2 Å². The molecule has 0 radical (unpaired) electrons. The van der Waals surface area contributed by atoms with Gasteiger partial charge in [0.25, 0.3) is 0 Å². The highest BCUT2D eigenvalue weighted by Crippen LogP contribution is 2.34. The molecule has 208 valence electrons. The van der Waals surface area contributed by atoms with Crippen molar-refractivity contribution in [3.8, 4) is 11.3 Å². The van der Waals surface area contributed by atoms with Crippen molar-refractivity contribution in [1.82, 2.24) is 24.5 Å². The monoisotopic (exact) mass is 541 g/mol. The second-order valence-corrected chi connectivity index (χ2v) is 10.6. The first-order valence-corrected chi connectivity index (χ1v) is 14.2. The second kappa shape index (κ2) is 12.1. The summed E-state index contributed by atoms with van der Waals surface area (Å²) in [6.07, 6.45) is 11.8. The summed E-state index contributed by atoms with van der Waals surface area (Å²) in [4.78, 5) is 31.3. The normalized spacial score (nSPS) is 19.7. The number of aryl methyl sites for hydroxylation is 1. The van der Waals surface area contributed by atoms with Crippen molar-refractivity contribution in [1.29, 1.82) is 0 Å². The minimum absolute atomic E-state index is 0.00439. The van der Waals surface area contributed by atoms with E-state index in [1.165, 1.54) is 0 Å². The smallest absolute Gasteiger partial charge is 0.224 e. The van der Waals surface area contributed by atoms with E-state index in [-0.39, 0.29) is 18.1 Å². The van der Waals surface area contributed by atoms with E-state index in [1.807, 2.05) is 41.8 Å². The molecule has 10 nitrogen and oxygen atoms in total. The number of amides is 1. The van der Waals surface area contributed by atoms with Crippen molar-refractivity contribution in [2.45, 2.75) is 58.1 Å². The van der Waals surface area contributed by atoms with E-state index < -0.39 is 0 Å². The van der Waals surface area contributed by atoms with Crippen molar-refractivity contribution >= 4 is 34.3 Å². The third kappa shape index (κ3) is 5.83. The lowest BCUT2D eigenvalue weighted by Gasteiger charge is -2.23. The molecule has 0 saturated carbocycles. The van der Waals surface area contributed by atoms with Gasteiger partial charge in [-0.3, -0.25) is 9.36 Å². The van der Waals surface area contributed by atoms with E-state index >= 15 is 0 Å². The van der Waals surface area contributed by atoms with Crippen LogP contribution in [0.25, 0.3) is 22.4 Å². The lowest BCUT2D eigenvalue weighted by molar-refractivity contribution is -0.117. The molecular weight excluding hydrogens is 506 g/mol. The number of anilines is 3. The summed E-state index contributed by atoms with van der Waals surface area (Å²) in [6.45, 7) is 4.21. The molecule has 4 aromatic rings. The fourth-order valence-electron chi connectivity index (χ4n) is 5.47. The number of rotatable bonds is 7. The third-order valence-corrected chi connectivity index (χ3v) is 7.64. The molecule has 1 aromatic carbocycles. The van der Waals surface area contributed by atoms with Crippen LogP contribution < -0.4 is 10.6 Å². The molecule has 2 fully saturated rings. The Hall–Kier alpha value is -3.89. The lowest BCUT2D eigenvalue weighted by atomic mass is 10.00. The molecule has 2 aliphatic rings. The van der Waals surface area contributed by atoms with Crippen molar-refractivity contribution < 1.29 is 14.3 Å². The Labute approximate surface area is 233 Å². The summed E-state index contributed by atoms with van der Waals surface area (Å²) in [6, 6.07) is 9.72. The number of ether oxygens (including phenoxy) is 2. The number of aromatic nitrogens is 5. The van der Waals surface area contributed by atoms with Gasteiger partial charge in [-0.05, 0) is 74.8 Å². The van der Waals surface area contributed by atoms with Crippen LogP contribution in [0, 0.1) is 12.8 Å². The highest BCUT2D eigenvalue weighted by atomic mass is 16.5. The van der Waals surface area contributed by atoms with Gasteiger partial charge < -0.3 is 20.1 Å². The minimum atomic E-state index is -0.0660. The molecule has 6 rings (SSSR count). The number of nitrogens with one attached hydrogen (secondary N) is 2. The molecule has 0 bridgehead atoms. The van der Waals surface area contributed by atoms with E-state index in [0.717, 1.165) is 79.9 Å². The Morgan fingerprint density at radius 1 is 1.05 bits per heavy atom. The van der Waals surface area contributed by atoms with Gasteiger partial charge in [0.2, 0.25) is 5.91 Å². The zero-order chi connectivity index (χ0) is 27.3. The highest BCUT2D eigenvalue weighted by molar-refractivity contribution is 5.93. The van der Waals surface area contributed by atoms with Gasteiger partial charge in [0, 0.05) is 49.4 Å². The maximum absolute atomic E-state index is 12.8. The van der Waals surface area contributed by atoms with Crippen LogP contribution in [0.1, 0.15) is 56.7 Å². The average Bonchev–Trinajstić information content (AvgIpc) is 3.25. The molecule has 2 unspecified atom stereocenters. The van der Waals surface area contributed by atoms with Gasteiger partial charge in [0.05, 0.1) is 6.33 Å². The summed E-state index contributed by atoms with van der Waals surface area (Å²) in [5, 5.41) is 6.54. The molecule has 40 heavy (non-hydrogen) atoms. The molecule has 0 spiro atoms. The molecule has 10 heteroatoms. The molecule has 2 N–H and O–H groups in total. The Kier molecular flexibility index (Phi) is 7.97. The number of hydrogen-bond acceptors (Lipinski definition) is 8. The van der Waals surface area contributed by atoms with E-state index in [0.29, 0.717) is 30.1 Å². The molecule has 2 atom stereocenters. The first-order chi connectivity index (χ1) is 19.7. The minimum Gasteiger partial charge on any atom is -0.381 e. The lowest BCUT2D eigenvalue weighted by Crippen LogP contribution is -2.19. The number of benzene rings is 1. The van der Waals surface area contributed by atoms with Gasteiger partial charge in [-0.2, -0.15) is 0 Å². The number of fused-ring (bicyclic) bond motifs is 1. The summed E-state index contributed by atoms with van der Waals surface area (Å²) in [5.41, 5.74) is 5.57. The van der Waals surface area contributed by atoms with Gasteiger partial charge in [-0.1, -0.05) is 12.5 Å². The van der Waals surface area contributed by atoms with Gasteiger partial charge in [0.15, 0.2) is 5.65 Å². The van der Waals surface area contributed by atoms with Crippen LogP contribution in [0.2, 0.25) is 0 Å². The first kappa shape index (κ1) is 26.3. The van der Waals surface area contributed by atoms with Crippen LogP contribution in [0.5, 0.6) is 0 Å². The van der Waals surface area contributed by atoms with Crippen LogP contribution in [0.3, 0.4) is 0 Å². The zero-order valence-electron chi connectivity index (χ0n) is 22.8. The molecular formula is C30H35N7O3. The van der Waals surface area contributed by atoms with E-state index in [4.69, 9.17) is 9.47 Å². The Morgan fingerprint density at radius 3 is 2.85 bits per heavy atom. The predicted molar refractivity (Wildman–Crippen MR) is 153 cm³/mol. The summed E-state index contributed by atoms with van der Waals surface area (Å²) >= 11 is 0. The van der Waals surface area contributed by atoms with Gasteiger partial charge in [0.1, 0.15) is 29.6 Å². The average molecular weight is 542 g/mol. The fourth-order valence-corrected chi connectivity index (χ4v) is 5.47. The van der Waals surface area contributed by atoms with Crippen molar-refractivity contribution in [3.05, 3.63) is 54.7 Å². The van der Waals surface area contributed by atoms with Crippen molar-refractivity contribution in [3.63, 3.8) is 0 Å². The van der Waals surface area contributed by atoms with Crippen LogP contribution in [-0.2, 0) is 14.3 Å². The topological polar surface area (TPSA) is 116 Å². The zero-order valence-corrected chi connectivity index (χ0v) is 22.8. The van der Waals surface area contributed by atoms with Gasteiger partial charge in [-0.25, -0.2) is 19.9 Å². The number of nitrogens with zero attached hydrogens (tertiary/aromatic N) is 5. The SMILES string of the molecule is Cc1ccc(NC(=O)CC2CCCCOC2)cc1Nc1ncccc1-c1ncnc2c1ncn2C1CCCCO1. The molecule has 2 aliphatic heterocycles. The summed E-state index contributed by atoms with van der Waals surface area (Å²) in [5.74, 6) is 0.914. The molecule has 5 heterocycles. The molecule has 0 aliphatic carbocycles. The Bertz CT molecular complexity index is 1470. The predicted octanol–water partition coefficient (Wildman–Crippen LogP) is 5.78. The van der Waals surface area contributed by atoms with Crippen LogP contribution >= 0.6 is 0 Å². The maximum atomic E-state index is 12.8. The third-order valence-electron chi connectivity index (χ3n) is 7.64. The fraction of sp³-hybridized carbons (Fsp3) is 0.433. The number of imidazole rings is 1. The Balaban J connectivity index is 1.24. The van der Waals surface area contributed by atoms with E-state index in [1.54, 1.807) is 18.9 Å². The number of hydrogen-bond donors (Lipinski definition) is 2. The van der Waals surface area contributed by atoms with Crippen LogP contribution in [0.15, 0.2) is 49.2 Å².